The van der Waals surface area contributed by atoms with Crippen molar-refractivity contribution in [3.8, 4) is 0 Å². The molecule has 0 aliphatic carbocycles. The molecule has 0 saturated carbocycles. The van der Waals surface area contributed by atoms with Crippen molar-refractivity contribution in [2.75, 3.05) is 7.11 Å². The van der Waals surface area contributed by atoms with Crippen LogP contribution in [0.1, 0.15) is 49.8 Å². The molecule has 170 valence electrons. The highest BCUT2D eigenvalue weighted by molar-refractivity contribution is 7.10. The van der Waals surface area contributed by atoms with Crippen molar-refractivity contribution in [1.29, 1.82) is 0 Å². The van der Waals surface area contributed by atoms with Crippen LogP contribution in [-0.4, -0.2) is 41.6 Å². The Morgan fingerprint density at radius 2 is 1.65 bits per heavy atom. The lowest BCUT2D eigenvalue weighted by Gasteiger charge is -2.28. The monoisotopic (exact) mass is 466 g/mol. The summed E-state index contributed by atoms with van der Waals surface area (Å²) < 4.78 is 10.0. The van der Waals surface area contributed by atoms with Gasteiger partial charge in [0.25, 0.3) is 0 Å². The van der Waals surface area contributed by atoms with Gasteiger partial charge in [0, 0.05) is 16.2 Å². The van der Waals surface area contributed by atoms with Gasteiger partial charge in [-0.05, 0) is 56.5 Å². The van der Waals surface area contributed by atoms with Crippen molar-refractivity contribution in [3.63, 3.8) is 0 Å². The highest BCUT2D eigenvalue weighted by Gasteiger charge is 2.28. The zero-order chi connectivity index (χ0) is 22.9. The second kappa shape index (κ2) is 11.9. The van der Waals surface area contributed by atoms with Crippen LogP contribution in [0, 0.1) is 0 Å². The van der Waals surface area contributed by atoms with Crippen LogP contribution in [0.25, 0.3) is 0 Å². The molecule has 1 N–H and O–H groups in total. The average Bonchev–Trinajstić information content (AvgIpc) is 3.38. The van der Waals surface area contributed by atoms with Crippen LogP contribution < -0.4 is 5.32 Å². The number of esters is 1. The van der Waals surface area contributed by atoms with Gasteiger partial charge in [0.1, 0.15) is 11.6 Å². The van der Waals surface area contributed by atoms with Crippen molar-refractivity contribution < 1.29 is 23.9 Å². The Morgan fingerprint density at radius 1 is 1.06 bits per heavy atom. The van der Waals surface area contributed by atoms with Crippen LogP contribution in [0.5, 0.6) is 0 Å². The number of carbonyl (C=O) groups is 3. The van der Waals surface area contributed by atoms with E-state index in [9.17, 15) is 14.4 Å². The van der Waals surface area contributed by atoms with Crippen LogP contribution in [-0.2, 0) is 32.2 Å². The van der Waals surface area contributed by atoms with Gasteiger partial charge in [0.15, 0.2) is 0 Å². The molecule has 0 spiro atoms. The Morgan fingerprint density at radius 3 is 2.10 bits per heavy atom. The van der Waals surface area contributed by atoms with Crippen molar-refractivity contribution in [3.05, 3.63) is 44.8 Å². The third kappa shape index (κ3) is 9.10. The number of ether oxygens (including phenoxy) is 2. The zero-order valence-corrected chi connectivity index (χ0v) is 20.0. The summed E-state index contributed by atoms with van der Waals surface area (Å²) in [5, 5.41) is 6.64. The fraction of sp³-hybridized carbons (Fsp3) is 0.500. The lowest BCUT2D eigenvalue weighted by atomic mass is 10.1. The summed E-state index contributed by atoms with van der Waals surface area (Å²) in [5.74, 6) is -0.560. The van der Waals surface area contributed by atoms with Gasteiger partial charge in [-0.2, -0.15) is 0 Å². The molecule has 9 heteroatoms. The Kier molecular flexibility index (Phi) is 9.51. The molecular weight excluding hydrogens is 436 g/mol. The van der Waals surface area contributed by atoms with E-state index in [0.717, 1.165) is 9.75 Å². The van der Waals surface area contributed by atoms with Gasteiger partial charge in [-0.1, -0.05) is 12.1 Å². The second-order valence-electron chi connectivity index (χ2n) is 8.02. The predicted octanol–water partition coefficient (Wildman–Crippen LogP) is 4.58. The number of rotatable bonds is 10. The molecule has 0 aliphatic heterocycles. The number of hydrogen-bond donors (Lipinski definition) is 1. The van der Waals surface area contributed by atoms with E-state index in [1.165, 1.54) is 7.11 Å². The third-order valence-corrected chi connectivity index (χ3v) is 5.98. The van der Waals surface area contributed by atoms with Gasteiger partial charge in [-0.25, -0.2) is 4.79 Å². The lowest BCUT2D eigenvalue weighted by molar-refractivity contribution is -0.141. The molecule has 2 aromatic heterocycles. The largest absolute Gasteiger partial charge is 0.469 e. The summed E-state index contributed by atoms with van der Waals surface area (Å²) in [6.07, 6.45) is 0.228. The summed E-state index contributed by atoms with van der Waals surface area (Å²) in [6.45, 7) is 6.18. The Balaban J connectivity index is 2.17. The van der Waals surface area contributed by atoms with Gasteiger partial charge < -0.3 is 19.7 Å². The molecule has 0 aromatic carbocycles. The molecular formula is C22H30N2O5S2. The van der Waals surface area contributed by atoms with Gasteiger partial charge in [0.2, 0.25) is 5.91 Å². The van der Waals surface area contributed by atoms with Crippen LogP contribution in [0.2, 0.25) is 0 Å². The molecule has 0 bridgehead atoms. The zero-order valence-electron chi connectivity index (χ0n) is 18.4. The number of thiophene rings is 2. The van der Waals surface area contributed by atoms with E-state index in [0.29, 0.717) is 25.9 Å². The number of carbonyl (C=O) groups excluding carboxylic acids is 3. The SMILES string of the molecule is COC(=O)CCCC(NC(=O)OC(C)(C)C)C(=O)N(Cc1cccs1)Cc1cccs1. The topological polar surface area (TPSA) is 84.9 Å². The molecule has 2 heterocycles. The fourth-order valence-electron chi connectivity index (χ4n) is 2.87. The summed E-state index contributed by atoms with van der Waals surface area (Å²) in [4.78, 5) is 41.2. The van der Waals surface area contributed by atoms with Crippen molar-refractivity contribution >= 4 is 40.6 Å². The molecule has 2 amide bonds. The van der Waals surface area contributed by atoms with E-state index in [1.807, 2.05) is 35.0 Å². The van der Waals surface area contributed by atoms with E-state index in [-0.39, 0.29) is 18.3 Å². The molecule has 1 unspecified atom stereocenters. The van der Waals surface area contributed by atoms with Crippen molar-refractivity contribution in [1.82, 2.24) is 10.2 Å². The van der Waals surface area contributed by atoms with E-state index in [1.54, 1.807) is 48.3 Å². The van der Waals surface area contributed by atoms with Gasteiger partial charge in [0.05, 0.1) is 20.2 Å². The van der Waals surface area contributed by atoms with Crippen LogP contribution in [0.3, 0.4) is 0 Å². The highest BCUT2D eigenvalue weighted by Crippen LogP contribution is 2.19. The first kappa shape index (κ1) is 24.9. The second-order valence-corrected chi connectivity index (χ2v) is 10.1. The molecule has 0 aliphatic rings. The van der Waals surface area contributed by atoms with Crippen LogP contribution in [0.4, 0.5) is 4.79 Å². The Labute approximate surface area is 191 Å². The molecule has 2 rings (SSSR count). The molecule has 31 heavy (non-hydrogen) atoms. The van der Waals surface area contributed by atoms with Crippen molar-refractivity contribution in [2.45, 2.75) is 64.8 Å². The minimum absolute atomic E-state index is 0.173. The maximum absolute atomic E-state index is 13.5. The first-order valence-corrected chi connectivity index (χ1v) is 11.8. The van der Waals surface area contributed by atoms with Gasteiger partial charge >= 0.3 is 12.1 Å². The number of hydrogen-bond acceptors (Lipinski definition) is 7. The molecule has 2 aromatic rings. The summed E-state index contributed by atoms with van der Waals surface area (Å²) in [7, 11) is 1.33. The summed E-state index contributed by atoms with van der Waals surface area (Å²) >= 11 is 3.15. The molecule has 0 saturated heterocycles. The standard InChI is InChI=1S/C22H30N2O5S2/c1-22(2,3)29-21(27)23-18(10-5-11-19(25)28-4)20(26)24(14-16-8-6-12-30-16)15-17-9-7-13-31-17/h6-9,12-13,18H,5,10-11,14-15H2,1-4H3,(H,23,27). The first-order chi connectivity index (χ1) is 14.7. The van der Waals surface area contributed by atoms with Gasteiger partial charge in [-0.3, -0.25) is 9.59 Å². The average molecular weight is 467 g/mol. The number of nitrogens with zero attached hydrogens (tertiary/aromatic N) is 1. The maximum atomic E-state index is 13.5. The maximum Gasteiger partial charge on any atom is 0.408 e. The molecule has 1 atom stereocenters. The Bertz CT molecular complexity index is 792. The number of amides is 2. The predicted molar refractivity (Wildman–Crippen MR) is 122 cm³/mol. The summed E-state index contributed by atoms with van der Waals surface area (Å²) in [5.41, 5.74) is -0.683. The number of nitrogens with one attached hydrogen (secondary N) is 1. The van der Waals surface area contributed by atoms with E-state index < -0.39 is 17.7 Å². The number of methoxy groups -OCH3 is 1. The van der Waals surface area contributed by atoms with Crippen molar-refractivity contribution in [2.24, 2.45) is 0 Å². The highest BCUT2D eigenvalue weighted by atomic mass is 32.1. The van der Waals surface area contributed by atoms with E-state index in [2.05, 4.69) is 10.1 Å². The molecule has 7 nitrogen and oxygen atoms in total. The smallest absolute Gasteiger partial charge is 0.408 e. The summed E-state index contributed by atoms with van der Waals surface area (Å²) in [6, 6.07) is 7.04. The van der Waals surface area contributed by atoms with Crippen LogP contribution in [0.15, 0.2) is 35.0 Å². The minimum Gasteiger partial charge on any atom is -0.469 e. The minimum atomic E-state index is -0.806. The lowest BCUT2D eigenvalue weighted by Crippen LogP contribution is -2.49. The Hall–Kier alpha value is -2.39. The first-order valence-electron chi connectivity index (χ1n) is 10.1. The normalized spacial score (nSPS) is 12.1. The fourth-order valence-corrected chi connectivity index (χ4v) is 4.31. The third-order valence-electron chi connectivity index (χ3n) is 4.26. The van der Waals surface area contributed by atoms with Crippen LogP contribution >= 0.6 is 22.7 Å². The molecule has 0 radical (unpaired) electrons. The van der Waals surface area contributed by atoms with E-state index >= 15 is 0 Å². The number of alkyl carbamates (subject to hydrolysis) is 1. The van der Waals surface area contributed by atoms with Gasteiger partial charge in [-0.15, -0.1) is 22.7 Å². The quantitative estimate of drug-likeness (QED) is 0.518. The van der Waals surface area contributed by atoms with E-state index in [4.69, 9.17) is 4.74 Å². The molecule has 0 fully saturated rings.